The van der Waals surface area contributed by atoms with Crippen LogP contribution in [0.1, 0.15) is 5.69 Å². The number of fused-ring (bicyclic) bond motifs is 2. The Morgan fingerprint density at radius 1 is 1.47 bits per heavy atom. The van der Waals surface area contributed by atoms with Crippen molar-refractivity contribution in [2.45, 2.75) is 18.2 Å². The topological polar surface area (TPSA) is 68.5 Å². The number of aromatic nitrogens is 5. The number of hydrogen-bond acceptors (Lipinski definition) is 4. The predicted molar refractivity (Wildman–Crippen MR) is 72.4 cm³/mol. The summed E-state index contributed by atoms with van der Waals surface area (Å²) >= 11 is 1.75. The molecule has 0 spiro atoms. The molecule has 3 aromatic rings. The van der Waals surface area contributed by atoms with Crippen LogP contribution < -0.4 is 5.56 Å². The summed E-state index contributed by atoms with van der Waals surface area (Å²) in [7, 11) is 0. The van der Waals surface area contributed by atoms with E-state index in [0.717, 1.165) is 23.1 Å². The third-order valence-corrected chi connectivity index (χ3v) is 4.19. The zero-order chi connectivity index (χ0) is 12.8. The molecule has 0 unspecified atom stereocenters. The Bertz CT molecular complexity index is 793. The van der Waals surface area contributed by atoms with E-state index in [-0.39, 0.29) is 5.56 Å². The molecule has 19 heavy (non-hydrogen) atoms. The summed E-state index contributed by atoms with van der Waals surface area (Å²) < 4.78 is 3.72. The molecule has 4 rings (SSSR count). The van der Waals surface area contributed by atoms with Crippen LogP contribution >= 0.6 is 11.8 Å². The molecule has 0 fully saturated rings. The molecule has 0 bridgehead atoms. The van der Waals surface area contributed by atoms with Crippen LogP contribution in [0.3, 0.4) is 0 Å². The lowest BCUT2D eigenvalue weighted by molar-refractivity contribution is 0.719. The number of aromatic amines is 1. The molecule has 96 valence electrons. The number of nitrogens with one attached hydrogen (secondary N) is 1. The molecule has 4 heterocycles. The molecule has 3 aromatic heterocycles. The SMILES string of the molecule is O=c1c2[nH]ccc2ncn1Cc1cn2c(n1)SCC2. The van der Waals surface area contributed by atoms with Gasteiger partial charge >= 0.3 is 0 Å². The number of aryl methyl sites for hydroxylation is 1. The number of thioether (sulfide) groups is 1. The molecule has 7 heteroatoms. The second-order valence-corrected chi connectivity index (χ2v) is 5.53. The van der Waals surface area contributed by atoms with Crippen LogP contribution in [-0.2, 0) is 13.1 Å². The molecule has 0 aliphatic carbocycles. The minimum absolute atomic E-state index is 0.0594. The first-order chi connectivity index (χ1) is 9.31. The summed E-state index contributed by atoms with van der Waals surface area (Å²) in [5.41, 5.74) is 2.08. The highest BCUT2D eigenvalue weighted by atomic mass is 32.2. The van der Waals surface area contributed by atoms with E-state index in [1.807, 2.05) is 6.20 Å². The summed E-state index contributed by atoms with van der Waals surface area (Å²) in [5.74, 6) is 1.08. The molecule has 0 saturated carbocycles. The average molecular weight is 273 g/mol. The first-order valence-electron chi connectivity index (χ1n) is 6.02. The van der Waals surface area contributed by atoms with Gasteiger partial charge in [-0.25, -0.2) is 9.97 Å². The Kier molecular flexibility index (Phi) is 2.28. The van der Waals surface area contributed by atoms with E-state index in [1.165, 1.54) is 0 Å². The second-order valence-electron chi connectivity index (χ2n) is 4.47. The first kappa shape index (κ1) is 10.9. The van der Waals surface area contributed by atoms with Gasteiger partial charge in [0.1, 0.15) is 5.52 Å². The van der Waals surface area contributed by atoms with Gasteiger partial charge in [-0.15, -0.1) is 0 Å². The smallest absolute Gasteiger partial charge is 0.278 e. The van der Waals surface area contributed by atoms with E-state index >= 15 is 0 Å². The van der Waals surface area contributed by atoms with Crippen molar-refractivity contribution >= 4 is 22.8 Å². The highest BCUT2D eigenvalue weighted by Gasteiger charge is 2.15. The van der Waals surface area contributed by atoms with Gasteiger partial charge in [-0.05, 0) is 6.07 Å². The van der Waals surface area contributed by atoms with Crippen molar-refractivity contribution in [3.05, 3.63) is 40.8 Å². The molecule has 1 aliphatic heterocycles. The normalized spacial score (nSPS) is 14.1. The van der Waals surface area contributed by atoms with Gasteiger partial charge < -0.3 is 9.55 Å². The molecule has 1 N–H and O–H groups in total. The number of H-pyrrole nitrogens is 1. The third kappa shape index (κ3) is 1.69. The monoisotopic (exact) mass is 273 g/mol. The largest absolute Gasteiger partial charge is 0.355 e. The van der Waals surface area contributed by atoms with Gasteiger partial charge in [0.2, 0.25) is 0 Å². The second kappa shape index (κ2) is 3.99. The maximum Gasteiger partial charge on any atom is 0.278 e. The Labute approximate surface area is 112 Å². The van der Waals surface area contributed by atoms with Gasteiger partial charge in [0.05, 0.1) is 24.1 Å². The van der Waals surface area contributed by atoms with Gasteiger partial charge in [0, 0.05) is 24.7 Å². The maximum atomic E-state index is 12.2. The molecule has 0 atom stereocenters. The van der Waals surface area contributed by atoms with Gasteiger partial charge in [-0.2, -0.15) is 0 Å². The summed E-state index contributed by atoms with van der Waals surface area (Å²) in [6, 6.07) is 1.79. The fraction of sp³-hybridized carbons (Fsp3) is 0.250. The quantitative estimate of drug-likeness (QED) is 0.758. The number of hydrogen-bond donors (Lipinski definition) is 1. The van der Waals surface area contributed by atoms with Crippen molar-refractivity contribution in [1.82, 2.24) is 24.1 Å². The fourth-order valence-electron chi connectivity index (χ4n) is 2.29. The Morgan fingerprint density at radius 2 is 2.42 bits per heavy atom. The summed E-state index contributed by atoms with van der Waals surface area (Å²) in [6.45, 7) is 1.46. The molecule has 1 aliphatic rings. The van der Waals surface area contributed by atoms with Crippen molar-refractivity contribution in [3.8, 4) is 0 Å². The molecule has 0 saturated heterocycles. The molecular weight excluding hydrogens is 262 g/mol. The van der Waals surface area contributed by atoms with Crippen LogP contribution in [0.4, 0.5) is 0 Å². The number of nitrogens with zero attached hydrogens (tertiary/aromatic N) is 4. The highest BCUT2D eigenvalue weighted by molar-refractivity contribution is 7.99. The summed E-state index contributed by atoms with van der Waals surface area (Å²) in [5, 5.41) is 1.04. The van der Waals surface area contributed by atoms with Crippen LogP contribution in [0.2, 0.25) is 0 Å². The molecule has 6 nitrogen and oxygen atoms in total. The minimum atomic E-state index is -0.0594. The maximum absolute atomic E-state index is 12.2. The first-order valence-corrected chi connectivity index (χ1v) is 7.01. The predicted octanol–water partition coefficient (Wildman–Crippen LogP) is 1.08. The van der Waals surface area contributed by atoms with E-state index in [1.54, 1.807) is 34.9 Å². The minimum Gasteiger partial charge on any atom is -0.355 e. The molecular formula is C12H11N5OS. The fourth-order valence-corrected chi connectivity index (χ4v) is 3.26. The lowest BCUT2D eigenvalue weighted by atomic mass is 10.4. The zero-order valence-electron chi connectivity index (χ0n) is 10.0. The van der Waals surface area contributed by atoms with Crippen LogP contribution in [0.15, 0.2) is 34.7 Å². The summed E-state index contributed by atoms with van der Waals surface area (Å²) in [6.07, 6.45) is 5.32. The lowest BCUT2D eigenvalue weighted by Crippen LogP contribution is -2.21. The van der Waals surface area contributed by atoms with Gasteiger partial charge in [0.25, 0.3) is 5.56 Å². The highest BCUT2D eigenvalue weighted by Crippen LogP contribution is 2.24. The van der Waals surface area contributed by atoms with Crippen LogP contribution in [0.5, 0.6) is 0 Å². The van der Waals surface area contributed by atoms with E-state index in [4.69, 9.17) is 0 Å². The zero-order valence-corrected chi connectivity index (χ0v) is 10.9. The number of imidazole rings is 1. The average Bonchev–Trinajstić information content (AvgIpc) is 3.07. The molecule has 0 radical (unpaired) electrons. The van der Waals surface area contributed by atoms with E-state index in [9.17, 15) is 4.79 Å². The molecule has 0 amide bonds. The van der Waals surface area contributed by atoms with Crippen molar-refractivity contribution in [2.75, 3.05) is 5.75 Å². The van der Waals surface area contributed by atoms with Crippen LogP contribution in [0, 0.1) is 0 Å². The van der Waals surface area contributed by atoms with Crippen LogP contribution in [0.25, 0.3) is 11.0 Å². The van der Waals surface area contributed by atoms with Gasteiger partial charge in [-0.1, -0.05) is 11.8 Å². The van der Waals surface area contributed by atoms with Gasteiger partial charge in [0.15, 0.2) is 5.16 Å². The van der Waals surface area contributed by atoms with Crippen LogP contribution in [-0.4, -0.2) is 29.8 Å². The van der Waals surface area contributed by atoms with Gasteiger partial charge in [-0.3, -0.25) is 9.36 Å². The van der Waals surface area contributed by atoms with Crippen molar-refractivity contribution in [2.24, 2.45) is 0 Å². The third-order valence-electron chi connectivity index (χ3n) is 3.22. The Hall–Kier alpha value is -2.02. The Balaban J connectivity index is 1.74. The van der Waals surface area contributed by atoms with Crippen molar-refractivity contribution in [1.29, 1.82) is 0 Å². The van der Waals surface area contributed by atoms with Crippen molar-refractivity contribution in [3.63, 3.8) is 0 Å². The van der Waals surface area contributed by atoms with Crippen molar-refractivity contribution < 1.29 is 0 Å². The lowest BCUT2D eigenvalue weighted by Gasteiger charge is -2.02. The van der Waals surface area contributed by atoms with E-state index < -0.39 is 0 Å². The Morgan fingerprint density at radius 3 is 3.32 bits per heavy atom. The standard InChI is InChI=1S/C12H11N5OS/c18-11-10-9(1-2-13-10)14-7-17(11)6-8-5-16-3-4-19-12(16)15-8/h1-2,5,7,13H,3-4,6H2. The molecule has 0 aromatic carbocycles. The summed E-state index contributed by atoms with van der Waals surface area (Å²) in [4.78, 5) is 23.9. The van der Waals surface area contributed by atoms with E-state index in [2.05, 4.69) is 19.5 Å². The van der Waals surface area contributed by atoms with E-state index in [0.29, 0.717) is 17.6 Å². The number of rotatable bonds is 2.